The van der Waals surface area contributed by atoms with E-state index in [0.717, 1.165) is 64.2 Å². The van der Waals surface area contributed by atoms with Gasteiger partial charge in [-0.25, -0.2) is 4.57 Å². The zero-order valence-electron chi connectivity index (χ0n) is 32.9. The largest absolute Gasteiger partial charge is 0.469 e. The highest BCUT2D eigenvalue weighted by molar-refractivity contribution is 7.46. The fourth-order valence-electron chi connectivity index (χ4n) is 5.41. The summed E-state index contributed by atoms with van der Waals surface area (Å²) in [6.45, 7) is 3.61. The molecule has 0 radical (unpaired) electrons. The monoisotopic (exact) mass is 751 g/mol. The van der Waals surface area contributed by atoms with Crippen molar-refractivity contribution >= 4 is 19.8 Å². The lowest BCUT2D eigenvalue weighted by Gasteiger charge is -2.18. The summed E-state index contributed by atoms with van der Waals surface area (Å²) < 4.78 is 26.3. The van der Waals surface area contributed by atoms with Crippen molar-refractivity contribution < 1.29 is 37.9 Å². The van der Waals surface area contributed by atoms with E-state index >= 15 is 0 Å². The van der Waals surface area contributed by atoms with Crippen LogP contribution in [0.1, 0.15) is 181 Å². The minimum absolute atomic E-state index is 0.169. The molecule has 2 N–H and O–H groups in total. The second-order valence-corrected chi connectivity index (χ2v) is 14.8. The van der Waals surface area contributed by atoms with Crippen LogP contribution in [0.4, 0.5) is 0 Å². The zero-order valence-corrected chi connectivity index (χ0v) is 33.8. The maximum absolute atomic E-state index is 12.4. The van der Waals surface area contributed by atoms with Crippen molar-refractivity contribution in [2.45, 2.75) is 187 Å². The molecular weight excluding hydrogens is 675 g/mol. The topological polar surface area (TPSA) is 119 Å². The van der Waals surface area contributed by atoms with Crippen LogP contribution >= 0.6 is 7.82 Å². The number of esters is 2. The number of phosphoric ester groups is 1. The molecule has 0 unspecified atom stereocenters. The summed E-state index contributed by atoms with van der Waals surface area (Å²) in [7, 11) is -4.77. The van der Waals surface area contributed by atoms with Crippen LogP contribution in [0.3, 0.4) is 0 Å². The Bertz CT molecular complexity index is 1030. The first-order valence-electron chi connectivity index (χ1n) is 20.6. The molecule has 8 nitrogen and oxygen atoms in total. The molecule has 0 spiro atoms. The third kappa shape index (κ3) is 40.5. The van der Waals surface area contributed by atoms with Crippen LogP contribution < -0.4 is 0 Å². The van der Waals surface area contributed by atoms with E-state index in [9.17, 15) is 14.2 Å². The van der Waals surface area contributed by atoms with Gasteiger partial charge in [-0.2, -0.15) is 0 Å². The van der Waals surface area contributed by atoms with E-state index in [1.54, 1.807) is 0 Å². The molecule has 300 valence electrons. The zero-order chi connectivity index (χ0) is 38.2. The van der Waals surface area contributed by atoms with Crippen molar-refractivity contribution in [3.63, 3.8) is 0 Å². The lowest BCUT2D eigenvalue weighted by Crippen LogP contribution is -2.29. The Morgan fingerprint density at radius 2 is 0.865 bits per heavy atom. The molecule has 0 aliphatic rings. The first kappa shape index (κ1) is 49.8. The summed E-state index contributed by atoms with van der Waals surface area (Å²) >= 11 is 0. The number of hydrogen-bond acceptors (Lipinski definition) is 6. The number of ether oxygens (including phenoxy) is 2. The number of hydrogen-bond donors (Lipinski definition) is 2. The van der Waals surface area contributed by atoms with Gasteiger partial charge in [-0.1, -0.05) is 145 Å². The van der Waals surface area contributed by atoms with Gasteiger partial charge in [0.15, 0.2) is 6.10 Å². The van der Waals surface area contributed by atoms with Gasteiger partial charge in [0, 0.05) is 12.8 Å². The lowest BCUT2D eigenvalue weighted by atomic mass is 10.1. The average molecular weight is 751 g/mol. The molecule has 52 heavy (non-hydrogen) atoms. The number of carbonyl (C=O) groups is 2. The van der Waals surface area contributed by atoms with Crippen molar-refractivity contribution in [2.75, 3.05) is 13.2 Å². The summed E-state index contributed by atoms with van der Waals surface area (Å²) in [5.74, 6) is -0.942. The van der Waals surface area contributed by atoms with Gasteiger partial charge in [0.25, 0.3) is 0 Å². The van der Waals surface area contributed by atoms with Crippen LogP contribution in [0.15, 0.2) is 60.8 Å². The molecule has 0 saturated carbocycles. The quantitative estimate of drug-likeness (QED) is 0.0279. The number of unbranched alkanes of at least 4 members (excludes halogenated alkanes) is 17. The molecule has 0 aliphatic carbocycles. The van der Waals surface area contributed by atoms with Crippen molar-refractivity contribution in [2.24, 2.45) is 0 Å². The van der Waals surface area contributed by atoms with Crippen LogP contribution in [0.5, 0.6) is 0 Å². The van der Waals surface area contributed by atoms with Gasteiger partial charge in [-0.3, -0.25) is 14.1 Å². The molecule has 0 heterocycles. The van der Waals surface area contributed by atoms with Gasteiger partial charge in [-0.05, 0) is 83.5 Å². The molecule has 0 rings (SSSR count). The molecule has 9 heteroatoms. The van der Waals surface area contributed by atoms with Crippen molar-refractivity contribution in [3.8, 4) is 0 Å². The minimum Gasteiger partial charge on any atom is -0.462 e. The van der Waals surface area contributed by atoms with E-state index in [1.807, 2.05) is 0 Å². The predicted molar refractivity (Wildman–Crippen MR) is 216 cm³/mol. The third-order valence-electron chi connectivity index (χ3n) is 8.51. The van der Waals surface area contributed by atoms with Gasteiger partial charge in [0.05, 0.1) is 6.61 Å². The molecule has 0 fully saturated rings. The van der Waals surface area contributed by atoms with Crippen LogP contribution in [-0.2, 0) is 28.2 Å². The number of allylic oxidation sites excluding steroid dienone is 10. The molecule has 0 bridgehead atoms. The van der Waals surface area contributed by atoms with Crippen molar-refractivity contribution in [1.29, 1.82) is 0 Å². The Kier molecular flexibility index (Phi) is 36.8. The smallest absolute Gasteiger partial charge is 0.462 e. The second kappa shape index (κ2) is 38.5. The van der Waals surface area contributed by atoms with Crippen LogP contribution in [0.2, 0.25) is 0 Å². The van der Waals surface area contributed by atoms with Crippen molar-refractivity contribution in [1.82, 2.24) is 0 Å². The minimum atomic E-state index is -4.77. The summed E-state index contributed by atoms with van der Waals surface area (Å²) in [5.41, 5.74) is 0. The highest BCUT2D eigenvalue weighted by Crippen LogP contribution is 2.36. The van der Waals surface area contributed by atoms with Gasteiger partial charge in [0.1, 0.15) is 6.61 Å². The van der Waals surface area contributed by atoms with E-state index in [2.05, 4.69) is 79.1 Å². The molecule has 0 aromatic rings. The number of phosphoric acid groups is 1. The summed E-state index contributed by atoms with van der Waals surface area (Å²) in [6, 6.07) is 0. The molecule has 0 aromatic carbocycles. The normalized spacial score (nSPS) is 13.1. The lowest BCUT2D eigenvalue weighted by molar-refractivity contribution is -0.161. The second-order valence-electron chi connectivity index (χ2n) is 13.6. The first-order valence-corrected chi connectivity index (χ1v) is 22.1. The van der Waals surface area contributed by atoms with Gasteiger partial charge in [0.2, 0.25) is 0 Å². The van der Waals surface area contributed by atoms with E-state index in [4.69, 9.17) is 19.3 Å². The fraction of sp³-hybridized carbons (Fsp3) is 0.721. The van der Waals surface area contributed by atoms with E-state index < -0.39 is 32.5 Å². The molecule has 0 amide bonds. The maximum Gasteiger partial charge on any atom is 0.469 e. The standard InChI is InChI=1S/C43H75O8P/c1-3-5-7-9-11-13-15-17-19-20-21-22-24-26-28-30-32-34-36-38-43(45)51-41(40-50-52(46,47)48)39-49-42(44)37-35-33-31-29-27-25-23-18-16-14-12-10-8-6-4-2/h11,13,17,19,21-22,25-28,41H,3-10,12,14-16,18,20,23-24,29-40H2,1-2H3,(H2,46,47,48)/b13-11+,19-17+,22-21+,27-25+,28-26+/t41-/m1/s1. The number of carbonyl (C=O) groups excluding carboxylic acids is 2. The Morgan fingerprint density at radius 3 is 1.35 bits per heavy atom. The Hall–Kier alpha value is -2.25. The maximum atomic E-state index is 12.4. The van der Waals surface area contributed by atoms with Gasteiger partial charge >= 0.3 is 19.8 Å². The van der Waals surface area contributed by atoms with E-state index in [0.29, 0.717) is 12.8 Å². The predicted octanol–water partition coefficient (Wildman–Crippen LogP) is 12.5. The summed E-state index contributed by atoms with van der Waals surface area (Å²) in [5, 5.41) is 0. The number of rotatable bonds is 37. The van der Waals surface area contributed by atoms with Gasteiger partial charge in [-0.15, -0.1) is 0 Å². The summed E-state index contributed by atoms with van der Waals surface area (Å²) in [6.07, 6.45) is 48.0. The van der Waals surface area contributed by atoms with Crippen LogP contribution in [-0.4, -0.2) is 41.0 Å². The van der Waals surface area contributed by atoms with Crippen molar-refractivity contribution in [3.05, 3.63) is 60.8 Å². The van der Waals surface area contributed by atoms with E-state index in [-0.39, 0.29) is 19.4 Å². The molecule has 1 atom stereocenters. The highest BCUT2D eigenvalue weighted by Gasteiger charge is 2.22. The molecule has 0 aromatic heterocycles. The summed E-state index contributed by atoms with van der Waals surface area (Å²) in [4.78, 5) is 42.8. The highest BCUT2D eigenvalue weighted by atomic mass is 31.2. The Morgan fingerprint density at radius 1 is 0.500 bits per heavy atom. The molecular formula is C43H75O8P. The average Bonchev–Trinajstić information content (AvgIpc) is 3.11. The third-order valence-corrected chi connectivity index (χ3v) is 8.99. The molecule has 0 aliphatic heterocycles. The van der Waals surface area contributed by atoms with Gasteiger partial charge < -0.3 is 19.3 Å². The van der Waals surface area contributed by atoms with Crippen LogP contribution in [0, 0.1) is 0 Å². The Balaban J connectivity index is 4.04. The van der Waals surface area contributed by atoms with E-state index in [1.165, 1.54) is 77.0 Å². The fourth-order valence-corrected chi connectivity index (χ4v) is 5.77. The first-order chi connectivity index (χ1) is 25.3. The SMILES string of the molecule is CCCCC/C=C/C/C=C/C/C=C/C/C=C/CCCCCC(=O)O[C@H](COC(=O)CCCCC/C=C/CCCCCCCCCC)COP(=O)(O)O. The molecule has 0 saturated heterocycles. The van der Waals surface area contributed by atoms with Crippen LogP contribution in [0.25, 0.3) is 0 Å². The Labute approximate surface area is 317 Å².